The zero-order valence-corrected chi connectivity index (χ0v) is 18.0. The molecule has 0 bridgehead atoms. The van der Waals surface area contributed by atoms with Crippen LogP contribution in [0.15, 0.2) is 27.8 Å². The Morgan fingerprint density at radius 2 is 1.69 bits per heavy atom. The molecule has 29 heavy (non-hydrogen) atoms. The standard InChI is InChI=1S/C19H22Cl2N6O2/c1-23-6-8-26(9-7-23)18-22-16-15(17(28)25(3)19(29)24(16)2)27(18)11-12-4-5-13(20)10-14(12)21/h4-5,10H,6-9,11H2,1-3H3. The number of aromatic nitrogens is 4. The number of anilines is 1. The molecule has 10 heteroatoms. The first kappa shape index (κ1) is 20.0. The van der Waals surface area contributed by atoms with Crippen molar-refractivity contribution in [1.29, 1.82) is 0 Å². The van der Waals surface area contributed by atoms with Gasteiger partial charge in [-0.05, 0) is 24.7 Å². The van der Waals surface area contributed by atoms with Gasteiger partial charge in [0.25, 0.3) is 5.56 Å². The molecule has 1 fully saturated rings. The zero-order valence-electron chi connectivity index (χ0n) is 16.5. The van der Waals surface area contributed by atoms with Crippen molar-refractivity contribution >= 4 is 40.3 Å². The number of hydrogen-bond donors (Lipinski definition) is 0. The lowest BCUT2D eigenvalue weighted by atomic mass is 10.2. The first-order valence-corrected chi connectivity index (χ1v) is 10.1. The Bertz CT molecular complexity index is 1200. The molecule has 0 unspecified atom stereocenters. The van der Waals surface area contributed by atoms with Crippen LogP contribution in [-0.4, -0.2) is 56.8 Å². The van der Waals surface area contributed by atoms with Crippen molar-refractivity contribution in [3.63, 3.8) is 0 Å². The fourth-order valence-electron chi connectivity index (χ4n) is 3.65. The summed E-state index contributed by atoms with van der Waals surface area (Å²) in [5, 5.41) is 1.07. The van der Waals surface area contributed by atoms with Crippen LogP contribution in [0.25, 0.3) is 11.2 Å². The van der Waals surface area contributed by atoms with E-state index >= 15 is 0 Å². The van der Waals surface area contributed by atoms with Crippen LogP contribution in [0.4, 0.5) is 5.95 Å². The molecule has 1 aliphatic heterocycles. The molecule has 3 heterocycles. The van der Waals surface area contributed by atoms with Gasteiger partial charge < -0.3 is 9.80 Å². The van der Waals surface area contributed by atoms with E-state index in [2.05, 4.69) is 16.8 Å². The van der Waals surface area contributed by atoms with Crippen LogP contribution in [0, 0.1) is 0 Å². The van der Waals surface area contributed by atoms with E-state index in [-0.39, 0.29) is 5.56 Å². The minimum atomic E-state index is -0.401. The molecule has 0 spiro atoms. The second kappa shape index (κ2) is 7.51. The number of rotatable bonds is 3. The number of hydrogen-bond acceptors (Lipinski definition) is 5. The number of aryl methyl sites for hydroxylation is 1. The van der Waals surface area contributed by atoms with Crippen molar-refractivity contribution in [3.8, 4) is 0 Å². The summed E-state index contributed by atoms with van der Waals surface area (Å²) in [6.45, 7) is 3.69. The summed E-state index contributed by atoms with van der Waals surface area (Å²) in [7, 11) is 5.18. The molecule has 1 aromatic carbocycles. The Labute approximate surface area is 177 Å². The number of nitrogens with zero attached hydrogens (tertiary/aromatic N) is 6. The van der Waals surface area contributed by atoms with Gasteiger partial charge in [-0.25, -0.2) is 4.79 Å². The van der Waals surface area contributed by atoms with E-state index in [4.69, 9.17) is 28.2 Å². The van der Waals surface area contributed by atoms with E-state index in [1.165, 1.54) is 11.6 Å². The fraction of sp³-hybridized carbons (Fsp3) is 0.421. The van der Waals surface area contributed by atoms with Crippen molar-refractivity contribution in [2.24, 2.45) is 14.1 Å². The van der Waals surface area contributed by atoms with Crippen LogP contribution in [0.5, 0.6) is 0 Å². The summed E-state index contributed by atoms with van der Waals surface area (Å²) in [6, 6.07) is 5.29. The monoisotopic (exact) mass is 436 g/mol. The number of imidazole rings is 1. The molecule has 0 atom stereocenters. The molecule has 1 aliphatic rings. The lowest BCUT2D eigenvalue weighted by Gasteiger charge is -2.33. The predicted molar refractivity (Wildman–Crippen MR) is 115 cm³/mol. The average molecular weight is 437 g/mol. The summed E-state index contributed by atoms with van der Waals surface area (Å²) in [4.78, 5) is 34.5. The van der Waals surface area contributed by atoms with Crippen molar-refractivity contribution in [1.82, 2.24) is 23.6 Å². The van der Waals surface area contributed by atoms with Crippen LogP contribution >= 0.6 is 23.2 Å². The van der Waals surface area contributed by atoms with Crippen molar-refractivity contribution in [3.05, 3.63) is 54.6 Å². The van der Waals surface area contributed by atoms with Gasteiger partial charge in [0, 0.05) is 50.3 Å². The molecule has 8 nitrogen and oxygen atoms in total. The smallest absolute Gasteiger partial charge is 0.332 e. The SMILES string of the molecule is CN1CCN(c2nc3c(c(=O)n(C)c(=O)n3C)n2Cc2ccc(Cl)cc2Cl)CC1. The highest BCUT2D eigenvalue weighted by molar-refractivity contribution is 6.35. The van der Waals surface area contributed by atoms with E-state index in [9.17, 15) is 9.59 Å². The zero-order chi connectivity index (χ0) is 20.9. The van der Waals surface area contributed by atoms with E-state index in [0.29, 0.717) is 33.7 Å². The van der Waals surface area contributed by atoms with Crippen molar-refractivity contribution in [2.75, 3.05) is 38.1 Å². The molecule has 0 N–H and O–H groups in total. The van der Waals surface area contributed by atoms with Gasteiger partial charge in [0.2, 0.25) is 5.95 Å². The van der Waals surface area contributed by atoms with Crippen molar-refractivity contribution < 1.29 is 0 Å². The van der Waals surface area contributed by atoms with E-state index in [1.54, 1.807) is 19.2 Å². The lowest BCUT2D eigenvalue weighted by molar-refractivity contribution is 0.310. The quantitative estimate of drug-likeness (QED) is 0.622. The third-order valence-corrected chi connectivity index (χ3v) is 6.04. The second-order valence-corrected chi connectivity index (χ2v) is 8.25. The Balaban J connectivity index is 1.95. The van der Waals surface area contributed by atoms with Crippen LogP contribution in [0.3, 0.4) is 0 Å². The molecule has 3 aromatic rings. The number of piperazine rings is 1. The van der Waals surface area contributed by atoms with E-state index in [1.807, 2.05) is 10.6 Å². The Morgan fingerprint density at radius 3 is 2.34 bits per heavy atom. The maximum Gasteiger partial charge on any atom is 0.332 e. The first-order chi connectivity index (χ1) is 13.8. The normalized spacial score (nSPS) is 15.4. The summed E-state index contributed by atoms with van der Waals surface area (Å²) in [5.74, 6) is 0.664. The molecule has 0 aliphatic carbocycles. The number of likely N-dealkylation sites (N-methyl/N-ethyl adjacent to an activating group) is 1. The Kier molecular flexibility index (Phi) is 5.18. The summed E-state index contributed by atoms with van der Waals surface area (Å²) in [5.41, 5.74) is 0.802. The summed E-state index contributed by atoms with van der Waals surface area (Å²) < 4.78 is 4.38. The van der Waals surface area contributed by atoms with Gasteiger partial charge in [-0.3, -0.25) is 18.5 Å². The average Bonchev–Trinajstić information content (AvgIpc) is 3.07. The topological polar surface area (TPSA) is 68.3 Å². The maximum absolute atomic E-state index is 13.0. The van der Waals surface area contributed by atoms with E-state index in [0.717, 1.165) is 36.3 Å². The first-order valence-electron chi connectivity index (χ1n) is 9.31. The van der Waals surface area contributed by atoms with Crippen LogP contribution in [0.1, 0.15) is 5.56 Å². The minimum Gasteiger partial charge on any atom is -0.340 e. The number of halogens is 2. The van der Waals surface area contributed by atoms with Crippen LogP contribution < -0.4 is 16.1 Å². The van der Waals surface area contributed by atoms with Gasteiger partial charge in [-0.2, -0.15) is 4.98 Å². The molecule has 154 valence electrons. The molecular weight excluding hydrogens is 415 g/mol. The highest BCUT2D eigenvalue weighted by Crippen LogP contribution is 2.26. The molecule has 0 amide bonds. The van der Waals surface area contributed by atoms with Gasteiger partial charge >= 0.3 is 5.69 Å². The Hall–Kier alpha value is -2.29. The molecule has 2 aromatic heterocycles. The largest absolute Gasteiger partial charge is 0.340 e. The number of benzene rings is 1. The molecule has 0 radical (unpaired) electrons. The molecule has 1 saturated heterocycles. The van der Waals surface area contributed by atoms with Gasteiger partial charge in [0.1, 0.15) is 0 Å². The molecule has 4 rings (SSSR count). The van der Waals surface area contributed by atoms with E-state index < -0.39 is 5.69 Å². The summed E-state index contributed by atoms with van der Waals surface area (Å²) >= 11 is 12.4. The third kappa shape index (κ3) is 3.45. The van der Waals surface area contributed by atoms with Gasteiger partial charge in [0.15, 0.2) is 11.2 Å². The number of fused-ring (bicyclic) bond motifs is 1. The lowest BCUT2D eigenvalue weighted by Crippen LogP contribution is -2.45. The van der Waals surface area contributed by atoms with Gasteiger partial charge in [-0.1, -0.05) is 29.3 Å². The minimum absolute atomic E-state index is 0.349. The van der Waals surface area contributed by atoms with Crippen LogP contribution in [0.2, 0.25) is 10.0 Å². The second-order valence-electron chi connectivity index (χ2n) is 7.40. The summed E-state index contributed by atoms with van der Waals surface area (Å²) in [6.07, 6.45) is 0. The highest BCUT2D eigenvalue weighted by Gasteiger charge is 2.25. The third-order valence-electron chi connectivity index (χ3n) is 5.46. The molecule has 0 saturated carbocycles. The van der Waals surface area contributed by atoms with Crippen LogP contribution in [-0.2, 0) is 20.6 Å². The van der Waals surface area contributed by atoms with Gasteiger partial charge in [-0.15, -0.1) is 0 Å². The Morgan fingerprint density at radius 1 is 1.00 bits per heavy atom. The fourth-order valence-corrected chi connectivity index (χ4v) is 4.12. The maximum atomic E-state index is 13.0. The highest BCUT2D eigenvalue weighted by atomic mass is 35.5. The van der Waals surface area contributed by atoms with Crippen molar-refractivity contribution in [2.45, 2.75) is 6.54 Å². The predicted octanol–water partition coefficient (Wildman–Crippen LogP) is 1.54. The molecular formula is C19H22Cl2N6O2. The van der Waals surface area contributed by atoms with Gasteiger partial charge in [0.05, 0.1) is 6.54 Å².